The minimum absolute atomic E-state index is 0.0703. The zero-order chi connectivity index (χ0) is 23.2. The highest BCUT2D eigenvalue weighted by Gasteiger charge is 2.32. The molecular formula is C26H27N3O2S2. The normalized spacial score (nSPS) is 18.4. The van der Waals surface area contributed by atoms with Crippen LogP contribution in [0.15, 0.2) is 77.2 Å². The lowest BCUT2D eigenvalue weighted by Gasteiger charge is -2.36. The van der Waals surface area contributed by atoms with Crippen LogP contribution in [-0.2, 0) is 9.59 Å². The summed E-state index contributed by atoms with van der Waals surface area (Å²) in [6.45, 7) is 5.30. The van der Waals surface area contributed by atoms with Crippen LogP contribution in [0.4, 0.5) is 5.69 Å². The molecule has 7 heteroatoms. The molecule has 2 aliphatic heterocycles. The van der Waals surface area contributed by atoms with Gasteiger partial charge in [-0.05, 0) is 36.3 Å². The number of allylic oxidation sites excluding steroid dienone is 2. The van der Waals surface area contributed by atoms with E-state index in [-0.39, 0.29) is 18.2 Å². The number of para-hydroxylation sites is 1. The second-order valence-electron chi connectivity index (χ2n) is 8.09. The van der Waals surface area contributed by atoms with Gasteiger partial charge in [0.05, 0.1) is 4.91 Å². The van der Waals surface area contributed by atoms with E-state index in [0.29, 0.717) is 28.9 Å². The summed E-state index contributed by atoms with van der Waals surface area (Å²) in [5, 5.41) is 0. The van der Waals surface area contributed by atoms with Gasteiger partial charge in [0.2, 0.25) is 5.91 Å². The summed E-state index contributed by atoms with van der Waals surface area (Å²) in [6, 6.07) is 20.2. The molecule has 0 N–H and O–H groups in total. The van der Waals surface area contributed by atoms with E-state index in [1.807, 2.05) is 72.5 Å². The quantitative estimate of drug-likeness (QED) is 0.450. The highest BCUT2D eigenvalue weighted by atomic mass is 32.2. The van der Waals surface area contributed by atoms with E-state index in [9.17, 15) is 9.59 Å². The van der Waals surface area contributed by atoms with E-state index < -0.39 is 0 Å². The van der Waals surface area contributed by atoms with Crippen molar-refractivity contribution in [2.75, 3.05) is 37.6 Å². The number of anilines is 1. The molecule has 0 unspecified atom stereocenters. The van der Waals surface area contributed by atoms with Crippen molar-refractivity contribution in [2.45, 2.75) is 13.3 Å². The second-order valence-corrected chi connectivity index (χ2v) is 9.76. The van der Waals surface area contributed by atoms with Gasteiger partial charge in [-0.15, -0.1) is 0 Å². The Kier molecular flexibility index (Phi) is 7.62. The first-order valence-electron chi connectivity index (χ1n) is 11.1. The molecule has 0 atom stereocenters. The van der Waals surface area contributed by atoms with Crippen LogP contribution in [-0.4, -0.2) is 58.7 Å². The predicted octanol–water partition coefficient (Wildman–Crippen LogP) is 4.57. The van der Waals surface area contributed by atoms with Crippen molar-refractivity contribution in [3.8, 4) is 0 Å². The molecule has 2 aromatic carbocycles. The Balaban J connectivity index is 1.29. The van der Waals surface area contributed by atoms with Gasteiger partial charge in [-0.2, -0.15) is 0 Å². The molecule has 0 aliphatic carbocycles. The number of piperazine rings is 1. The lowest BCUT2D eigenvalue weighted by Crippen LogP contribution is -2.49. The molecule has 0 saturated carbocycles. The number of amides is 2. The lowest BCUT2D eigenvalue weighted by molar-refractivity contribution is -0.132. The van der Waals surface area contributed by atoms with Crippen LogP contribution in [0.25, 0.3) is 6.08 Å². The predicted molar refractivity (Wildman–Crippen MR) is 140 cm³/mol. The summed E-state index contributed by atoms with van der Waals surface area (Å²) in [6.07, 6.45) is 4.19. The van der Waals surface area contributed by atoms with Gasteiger partial charge < -0.3 is 9.80 Å². The second kappa shape index (κ2) is 10.8. The summed E-state index contributed by atoms with van der Waals surface area (Å²) in [5.41, 5.74) is 3.25. The number of benzene rings is 2. The van der Waals surface area contributed by atoms with E-state index in [0.717, 1.165) is 24.2 Å². The van der Waals surface area contributed by atoms with Crippen LogP contribution in [0.2, 0.25) is 0 Å². The largest absolute Gasteiger partial charge is 0.368 e. The van der Waals surface area contributed by atoms with Gasteiger partial charge in [0.15, 0.2) is 0 Å². The molecule has 170 valence electrons. The van der Waals surface area contributed by atoms with Crippen LogP contribution < -0.4 is 4.90 Å². The monoisotopic (exact) mass is 477 g/mol. The SMILES string of the molecule is CC(=Cc1ccccc1)C=C1SC(=S)N(CCC(=O)N2CCN(c3ccccc3)CC2)C1=O. The van der Waals surface area contributed by atoms with E-state index in [1.54, 1.807) is 4.90 Å². The topological polar surface area (TPSA) is 43.9 Å². The number of nitrogens with zero attached hydrogens (tertiary/aromatic N) is 3. The third-order valence-electron chi connectivity index (χ3n) is 5.73. The average molecular weight is 478 g/mol. The summed E-state index contributed by atoms with van der Waals surface area (Å²) in [5.74, 6) is -0.0478. The Bertz CT molecular complexity index is 1080. The fraction of sp³-hybridized carbons (Fsp3) is 0.269. The molecule has 2 aliphatic rings. The summed E-state index contributed by atoms with van der Waals surface area (Å²) < 4.78 is 0.514. The van der Waals surface area contributed by atoms with Gasteiger partial charge in [0.1, 0.15) is 4.32 Å². The third kappa shape index (κ3) is 5.92. The molecule has 0 aromatic heterocycles. The standard InChI is InChI=1S/C26H27N3O2S2/c1-20(18-21-8-4-2-5-9-21)19-23-25(31)29(26(32)33-23)13-12-24(30)28-16-14-27(15-17-28)22-10-6-3-7-11-22/h2-11,18-19H,12-17H2,1H3. The Morgan fingerprint density at radius 3 is 2.30 bits per heavy atom. The Labute approximate surface area is 204 Å². The van der Waals surface area contributed by atoms with Gasteiger partial charge in [0, 0.05) is 44.8 Å². The molecule has 0 spiro atoms. The van der Waals surface area contributed by atoms with E-state index in [1.165, 1.54) is 17.4 Å². The van der Waals surface area contributed by atoms with Crippen molar-refractivity contribution in [3.05, 3.63) is 82.8 Å². The van der Waals surface area contributed by atoms with Crippen LogP contribution >= 0.6 is 24.0 Å². The first-order valence-corrected chi connectivity index (χ1v) is 12.3. The van der Waals surface area contributed by atoms with Crippen LogP contribution in [0, 0.1) is 0 Å². The van der Waals surface area contributed by atoms with Crippen molar-refractivity contribution < 1.29 is 9.59 Å². The maximum Gasteiger partial charge on any atom is 0.266 e. The number of hydrogen-bond donors (Lipinski definition) is 0. The van der Waals surface area contributed by atoms with Crippen LogP contribution in [0.5, 0.6) is 0 Å². The highest BCUT2D eigenvalue weighted by Crippen LogP contribution is 2.32. The number of thioether (sulfide) groups is 1. The molecule has 0 radical (unpaired) electrons. The minimum atomic E-state index is -0.118. The third-order valence-corrected chi connectivity index (χ3v) is 7.11. The molecule has 2 fully saturated rings. The van der Waals surface area contributed by atoms with Gasteiger partial charge in [-0.25, -0.2) is 0 Å². The summed E-state index contributed by atoms with van der Waals surface area (Å²) in [7, 11) is 0. The fourth-order valence-corrected chi connectivity index (χ4v) is 5.33. The maximum atomic E-state index is 12.9. The van der Waals surface area contributed by atoms with E-state index in [4.69, 9.17) is 12.2 Å². The Morgan fingerprint density at radius 2 is 1.64 bits per heavy atom. The zero-order valence-electron chi connectivity index (χ0n) is 18.6. The molecule has 2 amide bonds. The molecule has 0 bridgehead atoms. The summed E-state index contributed by atoms with van der Waals surface area (Å²) in [4.78, 5) is 32.0. The lowest BCUT2D eigenvalue weighted by atomic mass is 10.1. The Hall–Kier alpha value is -2.90. The molecule has 2 aromatic rings. The summed E-state index contributed by atoms with van der Waals surface area (Å²) >= 11 is 6.73. The molecule has 33 heavy (non-hydrogen) atoms. The maximum absolute atomic E-state index is 12.9. The van der Waals surface area contributed by atoms with Gasteiger partial charge in [0.25, 0.3) is 5.91 Å². The van der Waals surface area contributed by atoms with Gasteiger partial charge in [-0.1, -0.05) is 78.6 Å². The Morgan fingerprint density at radius 1 is 1.00 bits per heavy atom. The fourth-order valence-electron chi connectivity index (χ4n) is 3.97. The van der Waals surface area contributed by atoms with Crippen molar-refractivity contribution in [1.82, 2.24) is 9.80 Å². The van der Waals surface area contributed by atoms with E-state index in [2.05, 4.69) is 17.0 Å². The number of carbonyl (C=O) groups excluding carboxylic acids is 2. The highest BCUT2D eigenvalue weighted by molar-refractivity contribution is 8.26. The number of carbonyl (C=O) groups is 2. The van der Waals surface area contributed by atoms with Crippen LogP contribution in [0.3, 0.4) is 0 Å². The van der Waals surface area contributed by atoms with Gasteiger partial charge >= 0.3 is 0 Å². The first kappa shape index (κ1) is 23.3. The number of thiocarbonyl (C=S) groups is 1. The number of hydrogen-bond acceptors (Lipinski definition) is 5. The first-order chi connectivity index (χ1) is 16.0. The molecule has 2 saturated heterocycles. The molecule has 2 heterocycles. The van der Waals surface area contributed by atoms with Gasteiger partial charge in [-0.3, -0.25) is 14.5 Å². The average Bonchev–Trinajstić information content (AvgIpc) is 3.10. The van der Waals surface area contributed by atoms with Crippen molar-refractivity contribution >= 4 is 51.9 Å². The minimum Gasteiger partial charge on any atom is -0.368 e. The smallest absolute Gasteiger partial charge is 0.266 e. The van der Waals surface area contributed by atoms with Crippen LogP contribution in [0.1, 0.15) is 18.9 Å². The number of rotatable bonds is 6. The van der Waals surface area contributed by atoms with Crippen molar-refractivity contribution in [2.24, 2.45) is 0 Å². The molecule has 5 nitrogen and oxygen atoms in total. The van der Waals surface area contributed by atoms with Crippen molar-refractivity contribution in [3.63, 3.8) is 0 Å². The zero-order valence-corrected chi connectivity index (χ0v) is 20.3. The molecule has 4 rings (SSSR count). The van der Waals surface area contributed by atoms with Crippen molar-refractivity contribution in [1.29, 1.82) is 0 Å². The molecular weight excluding hydrogens is 450 g/mol. The van der Waals surface area contributed by atoms with E-state index >= 15 is 0 Å².